The monoisotopic (exact) mass is 365 g/mol. The summed E-state index contributed by atoms with van der Waals surface area (Å²) in [4.78, 5) is 11.3. The molecule has 0 aromatic heterocycles. The predicted molar refractivity (Wildman–Crippen MR) is 62.9 cm³/mol. The van der Waals surface area contributed by atoms with Crippen molar-refractivity contribution in [3.8, 4) is 6.07 Å². The molecule has 1 aromatic carbocycles. The van der Waals surface area contributed by atoms with Gasteiger partial charge >= 0.3 is 5.97 Å². The molecule has 0 radical (unpaired) electrons. The lowest BCUT2D eigenvalue weighted by molar-refractivity contribution is 0.0600. The van der Waals surface area contributed by atoms with Crippen LogP contribution in [-0.2, 0) is 4.74 Å². The molecular weight excluding hydrogens is 361 g/mol. The van der Waals surface area contributed by atoms with Crippen LogP contribution in [0.3, 0.4) is 0 Å². The van der Waals surface area contributed by atoms with Gasteiger partial charge in [0.15, 0.2) is 0 Å². The number of halogens is 2. The van der Waals surface area contributed by atoms with E-state index in [1.54, 1.807) is 12.1 Å². The third kappa shape index (κ3) is 2.25. The van der Waals surface area contributed by atoms with Crippen molar-refractivity contribution < 1.29 is 9.53 Å². The zero-order valence-electron chi connectivity index (χ0n) is 7.17. The number of ether oxygens (including phenoxy) is 1. The van der Waals surface area contributed by atoms with Gasteiger partial charge in [0, 0.05) is 8.04 Å². The van der Waals surface area contributed by atoms with Crippen LogP contribution < -0.4 is 0 Å². The number of hydrogen-bond donors (Lipinski definition) is 0. The van der Waals surface area contributed by atoms with Crippen molar-refractivity contribution in [3.05, 3.63) is 31.3 Å². The summed E-state index contributed by atoms with van der Waals surface area (Å²) in [5, 5.41) is 8.86. The third-order valence-corrected chi connectivity index (χ3v) is 2.88. The Bertz CT molecular complexity index is 426. The van der Waals surface area contributed by atoms with Crippen molar-refractivity contribution in [2.75, 3.05) is 7.11 Å². The Hall–Kier alpha value is -0.610. The molecule has 0 aliphatic heterocycles. The molecule has 0 unspecified atom stereocenters. The first-order chi connectivity index (χ1) is 6.60. The number of benzene rings is 1. The number of nitriles is 1. The number of carbonyl (C=O) groups excluding carboxylic acids is 1. The summed E-state index contributed by atoms with van der Waals surface area (Å²) in [5.74, 6) is -0.499. The molecule has 3 nitrogen and oxygen atoms in total. The van der Waals surface area contributed by atoms with Gasteiger partial charge < -0.3 is 4.74 Å². The number of hydrogen-bond acceptors (Lipinski definition) is 3. The van der Waals surface area contributed by atoms with Crippen LogP contribution in [-0.4, -0.2) is 13.1 Å². The van der Waals surface area contributed by atoms with Crippen LogP contribution in [0.5, 0.6) is 0 Å². The molecule has 0 N–H and O–H groups in total. The second-order valence-electron chi connectivity index (χ2n) is 2.41. The summed E-state index contributed by atoms with van der Waals surface area (Å²) in [6, 6.07) is 5.32. The van der Waals surface area contributed by atoms with Gasteiger partial charge in [0.25, 0.3) is 0 Å². The van der Waals surface area contributed by atoms with Crippen molar-refractivity contribution in [1.29, 1.82) is 5.26 Å². The number of methoxy groups -OCH3 is 1. The highest BCUT2D eigenvalue weighted by molar-refractivity contribution is 14.1. The lowest BCUT2D eigenvalue weighted by atomic mass is 10.1. The van der Waals surface area contributed by atoms with E-state index >= 15 is 0 Å². The summed E-state index contributed by atoms with van der Waals surface area (Å²) >= 11 is 5.25. The molecule has 0 heterocycles. The minimum Gasteiger partial charge on any atom is -0.465 e. The maximum absolute atomic E-state index is 11.3. The van der Waals surface area contributed by atoms with Gasteiger partial charge in [-0.15, -0.1) is 0 Å². The van der Waals surface area contributed by atoms with Crippen LogP contribution in [0.15, 0.2) is 16.6 Å². The summed E-state index contributed by atoms with van der Waals surface area (Å²) in [6.07, 6.45) is 0. The fourth-order valence-electron chi connectivity index (χ4n) is 0.958. The van der Waals surface area contributed by atoms with E-state index in [0.717, 1.165) is 8.04 Å². The van der Waals surface area contributed by atoms with E-state index in [9.17, 15) is 4.79 Å². The SMILES string of the molecule is COC(=O)c1cc(Br)cc(I)c1C#N. The smallest absolute Gasteiger partial charge is 0.339 e. The first kappa shape index (κ1) is 11.5. The number of esters is 1. The fraction of sp³-hybridized carbons (Fsp3) is 0.111. The Morgan fingerprint density at radius 2 is 2.29 bits per heavy atom. The Labute approximate surface area is 103 Å². The summed E-state index contributed by atoms with van der Waals surface area (Å²) in [7, 11) is 1.29. The highest BCUT2D eigenvalue weighted by Gasteiger charge is 2.15. The maximum atomic E-state index is 11.3. The average Bonchev–Trinajstić information content (AvgIpc) is 2.15. The second kappa shape index (κ2) is 4.75. The number of carbonyl (C=O) groups is 1. The topological polar surface area (TPSA) is 50.1 Å². The molecule has 0 fully saturated rings. The minimum absolute atomic E-state index is 0.286. The lowest BCUT2D eigenvalue weighted by Gasteiger charge is -2.04. The lowest BCUT2D eigenvalue weighted by Crippen LogP contribution is -2.05. The Morgan fingerprint density at radius 1 is 1.64 bits per heavy atom. The largest absolute Gasteiger partial charge is 0.465 e. The van der Waals surface area contributed by atoms with E-state index in [2.05, 4.69) is 20.7 Å². The molecule has 0 saturated carbocycles. The van der Waals surface area contributed by atoms with Gasteiger partial charge in [-0.1, -0.05) is 15.9 Å². The van der Waals surface area contributed by atoms with Crippen LogP contribution in [0, 0.1) is 14.9 Å². The van der Waals surface area contributed by atoms with Crippen LogP contribution in [0.25, 0.3) is 0 Å². The van der Waals surface area contributed by atoms with Crippen molar-refractivity contribution in [3.63, 3.8) is 0 Å². The Balaban J connectivity index is 3.41. The maximum Gasteiger partial charge on any atom is 0.339 e. The summed E-state index contributed by atoms with van der Waals surface area (Å²) < 4.78 is 6.05. The molecule has 0 aliphatic rings. The first-order valence-corrected chi connectivity index (χ1v) is 5.44. The fourth-order valence-corrected chi connectivity index (χ4v) is 2.59. The number of nitrogens with zero attached hydrogens (tertiary/aromatic N) is 1. The molecule has 1 aromatic rings. The third-order valence-electron chi connectivity index (χ3n) is 1.57. The molecule has 0 aliphatic carbocycles. The molecule has 0 atom stereocenters. The van der Waals surface area contributed by atoms with Crippen molar-refractivity contribution in [2.24, 2.45) is 0 Å². The van der Waals surface area contributed by atoms with Gasteiger partial charge in [0.1, 0.15) is 6.07 Å². The highest BCUT2D eigenvalue weighted by atomic mass is 127. The molecule has 72 valence electrons. The summed E-state index contributed by atoms with van der Waals surface area (Å²) in [5.41, 5.74) is 0.634. The zero-order chi connectivity index (χ0) is 10.7. The van der Waals surface area contributed by atoms with Gasteiger partial charge in [0.2, 0.25) is 0 Å². The van der Waals surface area contributed by atoms with Gasteiger partial charge in [-0.3, -0.25) is 0 Å². The van der Waals surface area contributed by atoms with Gasteiger partial charge in [-0.25, -0.2) is 4.79 Å². The molecule has 0 spiro atoms. The first-order valence-electron chi connectivity index (χ1n) is 3.57. The number of rotatable bonds is 1. The van der Waals surface area contributed by atoms with Crippen molar-refractivity contribution in [2.45, 2.75) is 0 Å². The van der Waals surface area contributed by atoms with Gasteiger partial charge in [-0.05, 0) is 34.7 Å². The van der Waals surface area contributed by atoms with Gasteiger partial charge in [-0.2, -0.15) is 5.26 Å². The van der Waals surface area contributed by atoms with E-state index in [1.165, 1.54) is 7.11 Å². The van der Waals surface area contributed by atoms with E-state index in [4.69, 9.17) is 5.26 Å². The normalized spacial score (nSPS) is 9.29. The molecule has 0 saturated heterocycles. The standard InChI is InChI=1S/C9H5BrINO2/c1-14-9(13)6-2-5(10)3-8(11)7(6)4-12/h2-3H,1H3. The van der Waals surface area contributed by atoms with Crippen LogP contribution in [0.1, 0.15) is 15.9 Å². The van der Waals surface area contributed by atoms with E-state index in [1.807, 2.05) is 28.7 Å². The van der Waals surface area contributed by atoms with E-state index < -0.39 is 5.97 Å². The molecule has 5 heteroatoms. The second-order valence-corrected chi connectivity index (χ2v) is 4.49. The van der Waals surface area contributed by atoms with Crippen molar-refractivity contribution >= 4 is 44.5 Å². The highest BCUT2D eigenvalue weighted by Crippen LogP contribution is 2.23. The molecule has 0 amide bonds. The quantitative estimate of drug-likeness (QED) is 0.568. The van der Waals surface area contributed by atoms with Crippen LogP contribution in [0.4, 0.5) is 0 Å². The minimum atomic E-state index is -0.499. The van der Waals surface area contributed by atoms with Crippen molar-refractivity contribution in [1.82, 2.24) is 0 Å². The van der Waals surface area contributed by atoms with E-state index in [0.29, 0.717) is 5.56 Å². The average molecular weight is 366 g/mol. The molecule has 14 heavy (non-hydrogen) atoms. The Kier molecular flexibility index (Phi) is 3.89. The molecule has 0 bridgehead atoms. The Morgan fingerprint density at radius 3 is 2.79 bits per heavy atom. The predicted octanol–water partition coefficient (Wildman–Crippen LogP) is 2.71. The van der Waals surface area contributed by atoms with Gasteiger partial charge in [0.05, 0.1) is 18.2 Å². The summed E-state index contributed by atoms with van der Waals surface area (Å²) in [6.45, 7) is 0. The molecular formula is C9H5BrINO2. The van der Waals surface area contributed by atoms with E-state index in [-0.39, 0.29) is 5.56 Å². The van der Waals surface area contributed by atoms with Crippen LogP contribution >= 0.6 is 38.5 Å². The molecule has 1 rings (SSSR count). The zero-order valence-corrected chi connectivity index (χ0v) is 10.9. The van der Waals surface area contributed by atoms with Crippen LogP contribution in [0.2, 0.25) is 0 Å².